The number of phenols is 1. The first-order valence-corrected chi connectivity index (χ1v) is 22.9. The SMILES string of the molecule is Cc1ccc(S(=O)(=O)OCCF)cc1.FCCOc1cccc(P(c2ccccc2)c2ccccc2)c1.O=CO[O-].Oc1cccc(P(c2ccccc2)c2ccccc2)c1.[H-].[K+].[K+]. The molecule has 0 fully saturated rings. The van der Waals surface area contributed by atoms with Crippen LogP contribution in [0.1, 0.15) is 6.99 Å². The maximum atomic E-state index is 12.3. The van der Waals surface area contributed by atoms with E-state index >= 15 is 0 Å². The number of carbonyl (C=O) groups excluding carboxylic acids is 1. The fourth-order valence-corrected chi connectivity index (χ4v) is 11.2. The quantitative estimate of drug-likeness (QED) is 0.0431. The number of phenolic OH excluding ortho intramolecular Hbond substituents is 1. The third kappa shape index (κ3) is 19.9. The molecule has 0 heterocycles. The maximum Gasteiger partial charge on any atom is 1.00 e. The Kier molecular flexibility index (Phi) is 28.9. The molecule has 0 spiro atoms. The molecule has 0 aliphatic carbocycles. The minimum atomic E-state index is -3.78. The van der Waals surface area contributed by atoms with E-state index < -0.39 is 45.9 Å². The summed E-state index contributed by atoms with van der Waals surface area (Å²) in [6, 6.07) is 63.7. The minimum Gasteiger partial charge on any atom is -1.00 e. The van der Waals surface area contributed by atoms with Crippen LogP contribution < -0.4 is 145 Å². The van der Waals surface area contributed by atoms with Gasteiger partial charge in [-0.1, -0.05) is 163 Å². The summed E-state index contributed by atoms with van der Waals surface area (Å²) in [7, 11) is -5.05. The van der Waals surface area contributed by atoms with Crippen molar-refractivity contribution in [2.75, 3.05) is 26.6 Å². The van der Waals surface area contributed by atoms with Gasteiger partial charge in [-0.3, -0.25) is 8.98 Å². The Labute approximate surface area is 457 Å². The maximum absolute atomic E-state index is 12.3. The van der Waals surface area contributed by atoms with Crippen molar-refractivity contribution in [2.24, 2.45) is 0 Å². The van der Waals surface area contributed by atoms with Gasteiger partial charge in [0.2, 0.25) is 0 Å². The standard InChI is InChI=1S/C20H18FOP.C18H15OP.C9H11FO3S.CH2O3.2K.H/c21-14-15-22-17-8-7-13-20(16-17)23(18-9-3-1-4-10-18)19-11-5-2-6-12-19;19-15-8-7-13-18(14-15)20(16-9-3-1-4-10-16)17-11-5-2-6-12-17;1-8-2-4-9(5-3-8)14(11,12)13-7-6-10;2-1-4-3;;;/h1-13,16H,14-15H2;1-14,19H;2-5H,6-7H2,1H3;1,3H;;;/q;;;;2*+1;-1/p-1. The predicted octanol–water partition coefficient (Wildman–Crippen LogP) is 1.17. The second-order valence-corrected chi connectivity index (χ2v) is 18.6. The summed E-state index contributed by atoms with van der Waals surface area (Å²) in [6.07, 6.45) is 0. The summed E-state index contributed by atoms with van der Waals surface area (Å²) in [6.45, 7) is 0.0362. The first kappa shape index (κ1) is 56.6. The van der Waals surface area contributed by atoms with Crippen molar-refractivity contribution in [1.29, 1.82) is 0 Å². The van der Waals surface area contributed by atoms with Crippen molar-refractivity contribution >= 4 is 64.3 Å². The topological polar surface area (TPSA) is 122 Å². The molecule has 1 N–H and O–H groups in total. The van der Waals surface area contributed by atoms with Crippen LogP contribution in [0.25, 0.3) is 0 Å². The van der Waals surface area contributed by atoms with Crippen molar-refractivity contribution in [2.45, 2.75) is 11.8 Å². The van der Waals surface area contributed by atoms with E-state index in [2.05, 4.69) is 118 Å². The van der Waals surface area contributed by atoms with Gasteiger partial charge in [0.25, 0.3) is 16.6 Å². The molecule has 7 aromatic rings. The van der Waals surface area contributed by atoms with Crippen molar-refractivity contribution in [3.63, 3.8) is 0 Å². The zero-order valence-corrected chi connectivity index (χ0v) is 44.1. The summed E-state index contributed by atoms with van der Waals surface area (Å²) in [5.74, 6) is 1.04. The summed E-state index contributed by atoms with van der Waals surface area (Å²) >= 11 is 0. The fraction of sp³-hybridized carbons (Fsp3) is 0.104. The van der Waals surface area contributed by atoms with Gasteiger partial charge >= 0.3 is 103 Å². The molecule has 15 heteroatoms. The van der Waals surface area contributed by atoms with Crippen LogP contribution in [-0.2, 0) is 24.0 Å². The molecule has 0 amide bonds. The van der Waals surface area contributed by atoms with Crippen molar-refractivity contribution in [1.82, 2.24) is 0 Å². The number of benzene rings is 7. The zero-order valence-electron chi connectivity index (χ0n) is 36.2. The number of aryl methyl sites for hydroxylation is 1. The van der Waals surface area contributed by atoms with Crippen LogP contribution in [0.3, 0.4) is 0 Å². The van der Waals surface area contributed by atoms with Gasteiger partial charge in [0, 0.05) is 0 Å². The first-order valence-electron chi connectivity index (χ1n) is 18.8. The monoisotopic (exact) mass is 960 g/mol. The molecule has 0 aromatic heterocycles. The average molecular weight is 961 g/mol. The molecule has 0 saturated heterocycles. The summed E-state index contributed by atoms with van der Waals surface area (Å²) < 4.78 is 56.5. The van der Waals surface area contributed by atoms with Gasteiger partial charge in [0.1, 0.15) is 31.5 Å². The van der Waals surface area contributed by atoms with Crippen LogP contribution in [0.2, 0.25) is 0 Å². The molecule has 318 valence electrons. The first-order chi connectivity index (χ1) is 29.7. The number of hydrogen-bond donors (Lipinski definition) is 1. The van der Waals surface area contributed by atoms with E-state index in [1.807, 2.05) is 61.5 Å². The second kappa shape index (κ2) is 32.2. The van der Waals surface area contributed by atoms with Crippen LogP contribution >= 0.6 is 15.8 Å². The van der Waals surface area contributed by atoms with Gasteiger partial charge < -0.3 is 21.4 Å². The van der Waals surface area contributed by atoms with Gasteiger partial charge in [-0.2, -0.15) is 8.42 Å². The number of hydrogen-bond acceptors (Lipinski definition) is 8. The number of alkyl halides is 2. The normalized spacial score (nSPS) is 10.2. The van der Waals surface area contributed by atoms with Gasteiger partial charge in [-0.15, -0.1) is 0 Å². The Morgan fingerprint density at radius 1 is 0.571 bits per heavy atom. The van der Waals surface area contributed by atoms with Gasteiger partial charge in [0.05, 0.1) is 11.5 Å². The molecule has 0 unspecified atom stereocenters. The molecule has 63 heavy (non-hydrogen) atoms. The minimum absolute atomic E-state index is 0. The Balaban J connectivity index is 0.000000461. The van der Waals surface area contributed by atoms with Crippen LogP contribution in [-0.4, -0.2) is 46.6 Å². The van der Waals surface area contributed by atoms with Crippen molar-refractivity contribution in [3.05, 3.63) is 200 Å². The zero-order chi connectivity index (χ0) is 43.7. The van der Waals surface area contributed by atoms with Gasteiger partial charge in [-0.05, 0) is 91.0 Å². The number of carbonyl (C=O) groups is 1. The molecule has 7 rings (SSSR count). The van der Waals surface area contributed by atoms with Crippen LogP contribution in [0.5, 0.6) is 11.5 Å². The predicted molar refractivity (Wildman–Crippen MR) is 242 cm³/mol. The Morgan fingerprint density at radius 2 is 0.952 bits per heavy atom. The number of aromatic hydroxyl groups is 1. The van der Waals surface area contributed by atoms with E-state index in [4.69, 9.17) is 14.8 Å². The van der Waals surface area contributed by atoms with E-state index in [9.17, 15) is 22.3 Å². The largest absolute Gasteiger partial charge is 1.00 e. The van der Waals surface area contributed by atoms with Gasteiger partial charge in [-0.25, -0.2) is 8.78 Å². The summed E-state index contributed by atoms with van der Waals surface area (Å²) in [5, 5.41) is 25.7. The van der Waals surface area contributed by atoms with Crippen molar-refractivity contribution < 1.29 is 150 Å². The molecule has 7 aromatic carbocycles. The average Bonchev–Trinajstić information content (AvgIpc) is 3.30. The molecular weight excluding hydrogens is 915 g/mol. The molecular formula is C48H46F2K2O8P2S. The number of ether oxygens (including phenoxy) is 1. The molecule has 0 radical (unpaired) electrons. The van der Waals surface area contributed by atoms with E-state index in [1.165, 1.54) is 38.7 Å². The second-order valence-electron chi connectivity index (χ2n) is 12.5. The Hall–Kier alpha value is -2.53. The van der Waals surface area contributed by atoms with E-state index in [1.54, 1.807) is 18.2 Å². The Bertz CT molecular complexity index is 2340. The summed E-state index contributed by atoms with van der Waals surface area (Å²) in [5.41, 5.74) is 0.953. The van der Waals surface area contributed by atoms with Crippen LogP contribution in [0, 0.1) is 6.92 Å². The molecule has 0 aliphatic heterocycles. The summed E-state index contributed by atoms with van der Waals surface area (Å²) in [4.78, 5) is 11.3. The molecule has 8 nitrogen and oxygen atoms in total. The molecule has 0 atom stereocenters. The molecule has 0 saturated carbocycles. The third-order valence-corrected chi connectivity index (χ3v) is 14.4. The van der Waals surface area contributed by atoms with Crippen molar-refractivity contribution in [3.8, 4) is 11.5 Å². The fourth-order valence-electron chi connectivity index (χ4n) is 5.62. The number of halogens is 2. The third-order valence-electron chi connectivity index (χ3n) is 8.23. The van der Waals surface area contributed by atoms with Crippen LogP contribution in [0.15, 0.2) is 199 Å². The molecule has 0 aliphatic rings. The Morgan fingerprint density at radius 3 is 1.33 bits per heavy atom. The smallest absolute Gasteiger partial charge is 1.00 e. The van der Waals surface area contributed by atoms with E-state index in [0.717, 1.165) is 16.6 Å². The van der Waals surface area contributed by atoms with Crippen LogP contribution in [0.4, 0.5) is 8.78 Å². The van der Waals surface area contributed by atoms with E-state index in [0.29, 0.717) is 5.75 Å². The van der Waals surface area contributed by atoms with E-state index in [-0.39, 0.29) is 122 Å². The molecule has 0 bridgehead atoms. The number of rotatable bonds is 14. The van der Waals surface area contributed by atoms with Gasteiger partial charge in [0.15, 0.2) is 0 Å².